The number of likely N-dealkylation sites (tertiary alicyclic amines) is 1. The summed E-state index contributed by atoms with van der Waals surface area (Å²) in [5.41, 5.74) is 0.487. The van der Waals surface area contributed by atoms with Gasteiger partial charge in [-0.3, -0.25) is 9.88 Å². The fraction of sp³-hybridized carbons (Fsp3) is 0.417. The van der Waals surface area contributed by atoms with Gasteiger partial charge in [-0.1, -0.05) is 6.07 Å². The molecule has 33 heavy (non-hydrogen) atoms. The summed E-state index contributed by atoms with van der Waals surface area (Å²) in [6, 6.07) is 9.67. The highest BCUT2D eigenvalue weighted by molar-refractivity contribution is 5.84. The number of pyridine rings is 2. The van der Waals surface area contributed by atoms with Crippen LogP contribution in [0.3, 0.4) is 0 Å². The Labute approximate surface area is 189 Å². The molecule has 1 N–H and O–H groups in total. The summed E-state index contributed by atoms with van der Waals surface area (Å²) < 4.78 is 50.2. The van der Waals surface area contributed by atoms with Crippen molar-refractivity contribution in [3.8, 4) is 11.6 Å². The number of halogens is 3. The van der Waals surface area contributed by atoms with E-state index in [1.807, 2.05) is 36.1 Å². The lowest BCUT2D eigenvalue weighted by Crippen LogP contribution is -2.45. The van der Waals surface area contributed by atoms with Crippen LogP contribution in [0.2, 0.25) is 0 Å². The lowest BCUT2D eigenvalue weighted by Gasteiger charge is -2.36. The molecule has 2 aromatic heterocycles. The lowest BCUT2D eigenvalue weighted by molar-refractivity contribution is -0.137. The number of hydrogen-bond acceptors (Lipinski definition) is 6. The molecule has 0 amide bonds. The molecule has 2 bridgehead atoms. The Kier molecular flexibility index (Phi) is 5.62. The number of alkyl halides is 3. The van der Waals surface area contributed by atoms with Gasteiger partial charge in [0.05, 0.1) is 23.3 Å². The zero-order valence-corrected chi connectivity index (χ0v) is 18.0. The summed E-state index contributed by atoms with van der Waals surface area (Å²) in [7, 11) is 0. The van der Waals surface area contributed by atoms with Gasteiger partial charge in [0.25, 0.3) is 0 Å². The van der Waals surface area contributed by atoms with Crippen molar-refractivity contribution in [2.45, 2.75) is 44.3 Å². The van der Waals surface area contributed by atoms with E-state index in [2.05, 4.69) is 9.97 Å². The normalized spacial score (nSPS) is 23.7. The highest BCUT2D eigenvalue weighted by Gasteiger charge is 2.49. The molecule has 5 rings (SSSR count). The molecular formula is C24H24F3N3O3. The van der Waals surface area contributed by atoms with Gasteiger partial charge in [0.2, 0.25) is 5.88 Å². The van der Waals surface area contributed by atoms with Crippen LogP contribution in [0.4, 0.5) is 13.2 Å². The van der Waals surface area contributed by atoms with Gasteiger partial charge >= 0.3 is 6.18 Å². The first-order chi connectivity index (χ1) is 15.8. The molecule has 4 atom stereocenters. The predicted molar refractivity (Wildman–Crippen MR) is 115 cm³/mol. The molecule has 0 spiro atoms. The molecule has 0 radical (unpaired) electrons. The smallest absolute Gasteiger partial charge is 0.417 e. The molecule has 1 saturated carbocycles. The maximum absolute atomic E-state index is 12.8. The van der Waals surface area contributed by atoms with Gasteiger partial charge in [-0.15, -0.1) is 0 Å². The minimum absolute atomic E-state index is 0.0949. The third-order valence-electron chi connectivity index (χ3n) is 6.45. The average molecular weight is 459 g/mol. The summed E-state index contributed by atoms with van der Waals surface area (Å²) in [6.45, 7) is 3.04. The Morgan fingerprint density at radius 3 is 2.70 bits per heavy atom. The van der Waals surface area contributed by atoms with Crippen molar-refractivity contribution in [2.75, 3.05) is 13.2 Å². The third kappa shape index (κ3) is 4.11. The second kappa shape index (κ2) is 8.46. The molecular weight excluding hydrogens is 435 g/mol. The SMILES string of the molecule is CCOc1ccc2cccnc2c1[C@@H](O)N1CC2CC(Oc3ccc(C(F)(F)F)cn3)C1C2. The van der Waals surface area contributed by atoms with Crippen LogP contribution in [-0.2, 0) is 6.18 Å². The number of aliphatic hydroxyl groups excluding tert-OH is 1. The number of rotatable bonds is 6. The van der Waals surface area contributed by atoms with Crippen LogP contribution in [0, 0.1) is 5.92 Å². The van der Waals surface area contributed by atoms with Crippen LogP contribution in [-0.4, -0.2) is 45.3 Å². The second-order valence-corrected chi connectivity index (χ2v) is 8.50. The summed E-state index contributed by atoms with van der Waals surface area (Å²) in [6.07, 6.45) is -1.59. The Bertz CT molecular complexity index is 1140. The molecule has 1 aliphatic carbocycles. The maximum atomic E-state index is 12.8. The van der Waals surface area contributed by atoms with Gasteiger partial charge in [-0.2, -0.15) is 13.2 Å². The van der Waals surface area contributed by atoms with Crippen molar-refractivity contribution in [3.05, 3.63) is 59.9 Å². The number of nitrogens with zero attached hydrogens (tertiary/aromatic N) is 3. The van der Waals surface area contributed by atoms with E-state index in [9.17, 15) is 18.3 Å². The minimum atomic E-state index is -4.44. The number of piperidine rings is 1. The minimum Gasteiger partial charge on any atom is -0.493 e. The first-order valence-electron chi connectivity index (χ1n) is 11.0. The number of hydrogen-bond donors (Lipinski definition) is 1. The van der Waals surface area contributed by atoms with Gasteiger partial charge in [0.1, 0.15) is 18.1 Å². The highest BCUT2D eigenvalue weighted by Crippen LogP contribution is 2.45. The summed E-state index contributed by atoms with van der Waals surface area (Å²) >= 11 is 0. The summed E-state index contributed by atoms with van der Waals surface area (Å²) in [5.74, 6) is 1.06. The van der Waals surface area contributed by atoms with Crippen molar-refractivity contribution in [1.29, 1.82) is 0 Å². The fourth-order valence-electron chi connectivity index (χ4n) is 5.03. The number of ether oxygens (including phenoxy) is 2. The average Bonchev–Trinajstić information content (AvgIpc) is 3.39. The van der Waals surface area contributed by atoms with E-state index in [1.165, 1.54) is 6.07 Å². The maximum Gasteiger partial charge on any atom is 0.417 e. The van der Waals surface area contributed by atoms with Crippen molar-refractivity contribution in [2.24, 2.45) is 5.92 Å². The molecule has 3 aromatic rings. The van der Waals surface area contributed by atoms with Gasteiger partial charge in [-0.05, 0) is 49.9 Å². The second-order valence-electron chi connectivity index (χ2n) is 8.50. The summed E-state index contributed by atoms with van der Waals surface area (Å²) in [4.78, 5) is 10.3. The van der Waals surface area contributed by atoms with Crippen LogP contribution < -0.4 is 9.47 Å². The van der Waals surface area contributed by atoms with Crippen LogP contribution in [0.1, 0.15) is 37.1 Å². The third-order valence-corrected chi connectivity index (χ3v) is 6.45. The van der Waals surface area contributed by atoms with Gasteiger partial charge < -0.3 is 14.6 Å². The largest absolute Gasteiger partial charge is 0.493 e. The Balaban J connectivity index is 1.40. The zero-order valence-electron chi connectivity index (χ0n) is 18.0. The van der Waals surface area contributed by atoms with E-state index in [4.69, 9.17) is 9.47 Å². The van der Waals surface area contributed by atoms with E-state index in [1.54, 1.807) is 6.20 Å². The molecule has 6 nitrogen and oxygen atoms in total. The Morgan fingerprint density at radius 2 is 2.00 bits per heavy atom. The van der Waals surface area contributed by atoms with Gasteiger partial charge in [-0.25, -0.2) is 4.98 Å². The van der Waals surface area contributed by atoms with E-state index in [-0.39, 0.29) is 18.0 Å². The quantitative estimate of drug-likeness (QED) is 0.582. The molecule has 1 aromatic carbocycles. The molecule has 174 valence electrons. The van der Waals surface area contributed by atoms with E-state index >= 15 is 0 Å². The number of benzene rings is 1. The molecule has 9 heteroatoms. The number of fused-ring (bicyclic) bond motifs is 3. The van der Waals surface area contributed by atoms with Crippen LogP contribution >= 0.6 is 0 Å². The summed E-state index contributed by atoms with van der Waals surface area (Å²) in [5, 5.41) is 12.4. The van der Waals surface area contributed by atoms with Crippen molar-refractivity contribution in [3.63, 3.8) is 0 Å². The van der Waals surface area contributed by atoms with Crippen LogP contribution in [0.15, 0.2) is 48.8 Å². The van der Waals surface area contributed by atoms with Crippen molar-refractivity contribution in [1.82, 2.24) is 14.9 Å². The first kappa shape index (κ1) is 21.9. The van der Waals surface area contributed by atoms with Gasteiger partial charge in [0, 0.05) is 36.4 Å². The van der Waals surface area contributed by atoms with E-state index < -0.39 is 18.0 Å². The van der Waals surface area contributed by atoms with Crippen LogP contribution in [0.5, 0.6) is 11.6 Å². The molecule has 1 aliphatic heterocycles. The fourth-order valence-corrected chi connectivity index (χ4v) is 5.03. The van der Waals surface area contributed by atoms with Crippen molar-refractivity contribution < 1.29 is 27.8 Å². The number of aromatic nitrogens is 2. The van der Waals surface area contributed by atoms with Crippen molar-refractivity contribution >= 4 is 10.9 Å². The molecule has 2 aliphatic rings. The zero-order chi connectivity index (χ0) is 23.2. The Hall–Kier alpha value is -2.91. The molecule has 3 heterocycles. The topological polar surface area (TPSA) is 67.7 Å². The first-order valence-corrected chi connectivity index (χ1v) is 11.0. The monoisotopic (exact) mass is 459 g/mol. The lowest BCUT2D eigenvalue weighted by atomic mass is 10.0. The molecule has 3 unspecified atom stereocenters. The Morgan fingerprint density at radius 1 is 1.15 bits per heavy atom. The van der Waals surface area contributed by atoms with Crippen LogP contribution in [0.25, 0.3) is 10.9 Å². The molecule has 1 saturated heterocycles. The van der Waals surface area contributed by atoms with E-state index in [0.29, 0.717) is 35.9 Å². The molecule has 2 fully saturated rings. The van der Waals surface area contributed by atoms with E-state index in [0.717, 1.165) is 30.5 Å². The standard InChI is InChI=1S/C24H24F3N3O3/c1-2-32-18-7-5-15-4-3-9-28-22(15)21(18)23(31)30-13-14-10-17(30)19(11-14)33-20-8-6-16(12-29-20)24(25,26)27/h3-9,12,14,17,19,23,31H,2,10-11,13H2,1H3/t14?,17?,19?,23-/m1/s1. The predicted octanol–water partition coefficient (Wildman–Crippen LogP) is 4.58. The highest BCUT2D eigenvalue weighted by atomic mass is 19.4. The number of aliphatic hydroxyl groups is 1. The van der Waals surface area contributed by atoms with Gasteiger partial charge in [0.15, 0.2) is 0 Å².